The number of carbonyl (C=O) groups is 1. The molecular weight excluding hydrogens is 126 g/mol. The predicted octanol–water partition coefficient (Wildman–Crippen LogP) is 1.11. The fraction of sp³-hybridized carbons (Fsp3) is 0.875. The Balaban J connectivity index is 2.42. The summed E-state index contributed by atoms with van der Waals surface area (Å²) in [6, 6.07) is 0.836. The highest BCUT2D eigenvalue weighted by Gasteiger charge is 2.21. The van der Waals surface area contributed by atoms with Crippen LogP contribution in [0.1, 0.15) is 33.1 Å². The maximum Gasteiger partial charge on any atom is 0.136 e. The molecular formula is C8H15NO. The molecule has 2 nitrogen and oxygen atoms in total. The third-order valence-corrected chi connectivity index (χ3v) is 2.02. The molecule has 10 heavy (non-hydrogen) atoms. The average Bonchev–Trinajstić information content (AvgIpc) is 1.85. The summed E-state index contributed by atoms with van der Waals surface area (Å²) in [4.78, 5) is 11.0. The second-order valence-corrected chi connectivity index (χ2v) is 3.12. The first kappa shape index (κ1) is 7.73. The van der Waals surface area contributed by atoms with Gasteiger partial charge in [0.2, 0.25) is 0 Å². The molecule has 2 unspecified atom stereocenters. The maximum absolute atomic E-state index is 11.0. The number of hydrogen-bond donors (Lipinski definition) is 1. The molecule has 1 fully saturated rings. The van der Waals surface area contributed by atoms with Crippen molar-refractivity contribution in [2.45, 2.75) is 45.2 Å². The number of nitrogens with one attached hydrogen (secondary N) is 1. The second-order valence-electron chi connectivity index (χ2n) is 3.12. The van der Waals surface area contributed by atoms with Crippen LogP contribution in [0.3, 0.4) is 0 Å². The van der Waals surface area contributed by atoms with E-state index < -0.39 is 0 Å². The van der Waals surface area contributed by atoms with Crippen LogP contribution in [0.2, 0.25) is 0 Å². The van der Waals surface area contributed by atoms with Gasteiger partial charge in [-0.05, 0) is 13.3 Å². The van der Waals surface area contributed by atoms with Gasteiger partial charge in [-0.15, -0.1) is 0 Å². The van der Waals surface area contributed by atoms with E-state index in [9.17, 15) is 4.79 Å². The summed E-state index contributed by atoms with van der Waals surface area (Å²) in [5, 5.41) is 3.38. The SMILES string of the molecule is CCC1CC(=O)CC(C)N1. The minimum atomic E-state index is 0.395. The molecule has 0 aromatic heterocycles. The fourth-order valence-corrected chi connectivity index (χ4v) is 1.48. The second kappa shape index (κ2) is 3.15. The summed E-state index contributed by atoms with van der Waals surface area (Å²) in [5.41, 5.74) is 0. The van der Waals surface area contributed by atoms with E-state index in [2.05, 4.69) is 19.2 Å². The first-order valence-electron chi connectivity index (χ1n) is 4.00. The van der Waals surface area contributed by atoms with E-state index in [0.717, 1.165) is 19.3 Å². The van der Waals surface area contributed by atoms with Gasteiger partial charge in [0, 0.05) is 24.9 Å². The van der Waals surface area contributed by atoms with Crippen LogP contribution < -0.4 is 5.32 Å². The Morgan fingerprint density at radius 2 is 2.30 bits per heavy atom. The number of Topliss-reactive ketones (excluding diaryl/α,β-unsaturated/α-hetero) is 1. The van der Waals surface area contributed by atoms with Gasteiger partial charge in [0.05, 0.1) is 0 Å². The van der Waals surface area contributed by atoms with E-state index in [4.69, 9.17) is 0 Å². The third kappa shape index (κ3) is 1.81. The van der Waals surface area contributed by atoms with Crippen LogP contribution in [-0.4, -0.2) is 17.9 Å². The molecule has 0 aliphatic carbocycles. The van der Waals surface area contributed by atoms with Gasteiger partial charge >= 0.3 is 0 Å². The molecule has 1 heterocycles. The maximum atomic E-state index is 11.0. The lowest BCUT2D eigenvalue weighted by Gasteiger charge is -2.26. The summed E-state index contributed by atoms with van der Waals surface area (Å²) in [6.07, 6.45) is 2.52. The Morgan fingerprint density at radius 3 is 2.80 bits per heavy atom. The van der Waals surface area contributed by atoms with Gasteiger partial charge in [0.25, 0.3) is 0 Å². The first-order chi connectivity index (χ1) is 4.72. The van der Waals surface area contributed by atoms with E-state index in [1.54, 1.807) is 0 Å². The summed E-state index contributed by atoms with van der Waals surface area (Å²) in [5.74, 6) is 0.415. The summed E-state index contributed by atoms with van der Waals surface area (Å²) >= 11 is 0. The summed E-state index contributed by atoms with van der Waals surface area (Å²) < 4.78 is 0. The van der Waals surface area contributed by atoms with Crippen LogP contribution in [0.4, 0.5) is 0 Å². The third-order valence-electron chi connectivity index (χ3n) is 2.02. The van der Waals surface area contributed by atoms with Gasteiger partial charge in [-0.1, -0.05) is 6.92 Å². The van der Waals surface area contributed by atoms with E-state index >= 15 is 0 Å². The molecule has 1 saturated heterocycles. The lowest BCUT2D eigenvalue weighted by atomic mass is 9.97. The van der Waals surface area contributed by atoms with Crippen molar-refractivity contribution in [1.29, 1.82) is 0 Å². The zero-order valence-corrected chi connectivity index (χ0v) is 6.68. The van der Waals surface area contributed by atoms with E-state index in [0.29, 0.717) is 17.9 Å². The minimum Gasteiger partial charge on any atom is -0.311 e. The van der Waals surface area contributed by atoms with Crippen molar-refractivity contribution in [3.63, 3.8) is 0 Å². The molecule has 2 atom stereocenters. The van der Waals surface area contributed by atoms with Crippen LogP contribution in [0.25, 0.3) is 0 Å². The van der Waals surface area contributed by atoms with Crippen LogP contribution >= 0.6 is 0 Å². The molecule has 0 amide bonds. The van der Waals surface area contributed by atoms with Gasteiger partial charge in [-0.25, -0.2) is 0 Å². The number of hydrogen-bond acceptors (Lipinski definition) is 2. The Morgan fingerprint density at radius 1 is 1.60 bits per heavy atom. The lowest BCUT2D eigenvalue weighted by molar-refractivity contribution is -0.121. The Labute approximate surface area is 62.0 Å². The van der Waals surface area contributed by atoms with Crippen molar-refractivity contribution in [3.05, 3.63) is 0 Å². The topological polar surface area (TPSA) is 29.1 Å². The fourth-order valence-electron chi connectivity index (χ4n) is 1.48. The molecule has 0 radical (unpaired) electrons. The standard InChI is InChI=1S/C8H15NO/c1-3-7-5-8(10)4-6(2)9-7/h6-7,9H,3-5H2,1-2H3. The minimum absolute atomic E-state index is 0.395. The monoisotopic (exact) mass is 141 g/mol. The lowest BCUT2D eigenvalue weighted by Crippen LogP contribution is -2.43. The highest BCUT2D eigenvalue weighted by molar-refractivity contribution is 5.80. The number of ketones is 1. The molecule has 0 spiro atoms. The quantitative estimate of drug-likeness (QED) is 0.592. The highest BCUT2D eigenvalue weighted by Crippen LogP contribution is 2.10. The molecule has 1 rings (SSSR count). The van der Waals surface area contributed by atoms with Crippen molar-refractivity contribution < 1.29 is 4.79 Å². The Kier molecular flexibility index (Phi) is 2.44. The molecule has 0 saturated carbocycles. The van der Waals surface area contributed by atoms with Gasteiger partial charge < -0.3 is 5.32 Å². The van der Waals surface area contributed by atoms with Gasteiger partial charge in [0.1, 0.15) is 5.78 Å². The molecule has 1 N–H and O–H groups in total. The molecule has 0 aromatic carbocycles. The molecule has 1 aliphatic heterocycles. The summed E-state index contributed by atoms with van der Waals surface area (Å²) in [7, 11) is 0. The first-order valence-corrected chi connectivity index (χ1v) is 4.00. The van der Waals surface area contributed by atoms with Gasteiger partial charge in [-0.3, -0.25) is 4.79 Å². The van der Waals surface area contributed by atoms with Crippen LogP contribution in [0.15, 0.2) is 0 Å². The van der Waals surface area contributed by atoms with Crippen molar-refractivity contribution in [3.8, 4) is 0 Å². The van der Waals surface area contributed by atoms with E-state index in [1.807, 2.05) is 0 Å². The molecule has 0 aromatic rings. The summed E-state index contributed by atoms with van der Waals surface area (Å²) in [6.45, 7) is 4.18. The molecule has 2 heteroatoms. The largest absolute Gasteiger partial charge is 0.311 e. The molecule has 0 bridgehead atoms. The van der Waals surface area contributed by atoms with Crippen LogP contribution in [-0.2, 0) is 4.79 Å². The van der Waals surface area contributed by atoms with Crippen molar-refractivity contribution >= 4 is 5.78 Å². The van der Waals surface area contributed by atoms with E-state index in [-0.39, 0.29) is 0 Å². The normalized spacial score (nSPS) is 34.4. The molecule has 1 aliphatic rings. The average molecular weight is 141 g/mol. The van der Waals surface area contributed by atoms with Crippen LogP contribution in [0, 0.1) is 0 Å². The highest BCUT2D eigenvalue weighted by atomic mass is 16.1. The number of carbonyl (C=O) groups excluding carboxylic acids is 1. The van der Waals surface area contributed by atoms with E-state index in [1.165, 1.54) is 0 Å². The Hall–Kier alpha value is -0.370. The Bertz CT molecular complexity index is 133. The van der Waals surface area contributed by atoms with Gasteiger partial charge in [0.15, 0.2) is 0 Å². The molecule has 58 valence electrons. The van der Waals surface area contributed by atoms with Crippen LogP contribution in [0.5, 0.6) is 0 Å². The smallest absolute Gasteiger partial charge is 0.136 e. The number of piperidine rings is 1. The van der Waals surface area contributed by atoms with Crippen molar-refractivity contribution in [1.82, 2.24) is 5.32 Å². The predicted molar refractivity (Wildman–Crippen MR) is 40.9 cm³/mol. The van der Waals surface area contributed by atoms with Crippen molar-refractivity contribution in [2.24, 2.45) is 0 Å². The zero-order valence-electron chi connectivity index (χ0n) is 6.68. The number of rotatable bonds is 1. The van der Waals surface area contributed by atoms with Crippen molar-refractivity contribution in [2.75, 3.05) is 0 Å². The zero-order chi connectivity index (χ0) is 7.56. The van der Waals surface area contributed by atoms with Gasteiger partial charge in [-0.2, -0.15) is 0 Å².